The Morgan fingerprint density at radius 2 is 2.42 bits per heavy atom. The van der Waals surface area contributed by atoms with Gasteiger partial charge < -0.3 is 0 Å². The van der Waals surface area contributed by atoms with E-state index in [1.807, 2.05) is 0 Å². The molecule has 2 heteroatoms. The molecule has 2 aliphatic heterocycles. The molecule has 0 aromatic heterocycles. The molecule has 0 aliphatic carbocycles. The molecule has 2 atom stereocenters. The smallest absolute Gasteiger partial charge is 0.151 e. The van der Waals surface area contributed by atoms with Crippen LogP contribution in [0, 0.1) is 0 Å². The van der Waals surface area contributed by atoms with E-state index in [9.17, 15) is 4.79 Å². The van der Waals surface area contributed by atoms with Gasteiger partial charge in [-0.3, -0.25) is 9.69 Å². The van der Waals surface area contributed by atoms with Crippen molar-refractivity contribution in [2.45, 2.75) is 51.1 Å². The summed E-state index contributed by atoms with van der Waals surface area (Å²) in [6, 6.07) is 0.248. The van der Waals surface area contributed by atoms with E-state index in [1.165, 1.54) is 12.8 Å². The van der Waals surface area contributed by atoms with Crippen molar-refractivity contribution in [1.29, 1.82) is 0 Å². The molecule has 2 heterocycles. The zero-order chi connectivity index (χ0) is 8.77. The van der Waals surface area contributed by atoms with E-state index in [4.69, 9.17) is 0 Å². The van der Waals surface area contributed by atoms with Crippen molar-refractivity contribution in [3.63, 3.8) is 0 Å². The molecule has 0 amide bonds. The summed E-state index contributed by atoms with van der Waals surface area (Å²) in [5.41, 5.74) is 0.234. The summed E-state index contributed by atoms with van der Waals surface area (Å²) >= 11 is 0. The molecule has 2 fully saturated rings. The Hall–Kier alpha value is -0.370. The fraction of sp³-hybridized carbons (Fsp3) is 0.900. The highest BCUT2D eigenvalue weighted by atomic mass is 16.1. The lowest BCUT2D eigenvalue weighted by atomic mass is 9.96. The van der Waals surface area contributed by atoms with Gasteiger partial charge in [-0.2, -0.15) is 0 Å². The lowest BCUT2D eigenvalue weighted by Crippen LogP contribution is -2.40. The predicted molar refractivity (Wildman–Crippen MR) is 48.0 cm³/mol. The van der Waals surface area contributed by atoms with Crippen molar-refractivity contribution >= 4 is 5.78 Å². The van der Waals surface area contributed by atoms with Crippen LogP contribution >= 0.6 is 0 Å². The maximum absolute atomic E-state index is 11.6. The van der Waals surface area contributed by atoms with Gasteiger partial charge in [0, 0.05) is 12.0 Å². The quantitative estimate of drug-likeness (QED) is 0.591. The number of fused-ring (bicyclic) bond motifs is 1. The lowest BCUT2D eigenvalue weighted by molar-refractivity contribution is -0.120. The van der Waals surface area contributed by atoms with Crippen LogP contribution in [0.5, 0.6) is 0 Å². The predicted octanol–water partition coefficient (Wildman–Crippen LogP) is 1.59. The minimum absolute atomic E-state index is 0.234. The molecule has 0 N–H and O–H groups in total. The molecule has 2 rings (SSSR count). The Balaban J connectivity index is 2.24. The Kier molecular flexibility index (Phi) is 1.76. The second-order valence-electron chi connectivity index (χ2n) is 4.36. The number of carbonyl (C=O) groups excluding carboxylic acids is 1. The number of nitrogens with zero attached hydrogens (tertiary/aromatic N) is 1. The van der Waals surface area contributed by atoms with Gasteiger partial charge in [-0.15, -0.1) is 0 Å². The number of hydrogen-bond acceptors (Lipinski definition) is 2. The molecule has 0 saturated carbocycles. The molecular formula is C10H17NO. The van der Waals surface area contributed by atoms with Crippen LogP contribution in [0.3, 0.4) is 0 Å². The first-order chi connectivity index (χ1) is 5.67. The highest BCUT2D eigenvalue weighted by Crippen LogP contribution is 2.40. The Morgan fingerprint density at radius 3 is 3.08 bits per heavy atom. The number of carbonyl (C=O) groups is 1. The normalized spacial score (nSPS) is 42.2. The Morgan fingerprint density at radius 1 is 1.67 bits per heavy atom. The van der Waals surface area contributed by atoms with E-state index in [2.05, 4.69) is 18.7 Å². The van der Waals surface area contributed by atoms with Crippen LogP contribution in [-0.4, -0.2) is 28.8 Å². The van der Waals surface area contributed by atoms with E-state index in [-0.39, 0.29) is 11.6 Å². The van der Waals surface area contributed by atoms with Crippen molar-refractivity contribution in [3.05, 3.63) is 0 Å². The summed E-state index contributed by atoms with van der Waals surface area (Å²) in [7, 11) is 0. The Labute approximate surface area is 73.9 Å². The molecule has 2 saturated heterocycles. The highest BCUT2D eigenvalue weighted by molar-refractivity contribution is 5.87. The standard InChI is InChI=1S/C10H17NO/c1-3-8-9(12)7-10(2)5-4-6-11(8)10/h8H,3-7H2,1-2H3/t8-,10+/m1/s1. The van der Waals surface area contributed by atoms with Crippen LogP contribution < -0.4 is 0 Å². The molecule has 12 heavy (non-hydrogen) atoms. The van der Waals surface area contributed by atoms with E-state index in [1.54, 1.807) is 0 Å². The molecule has 2 aliphatic rings. The van der Waals surface area contributed by atoms with Crippen LogP contribution in [0.2, 0.25) is 0 Å². The van der Waals surface area contributed by atoms with E-state index in [0.29, 0.717) is 5.78 Å². The Bertz CT molecular complexity index is 214. The van der Waals surface area contributed by atoms with Gasteiger partial charge in [0.15, 0.2) is 5.78 Å². The van der Waals surface area contributed by atoms with Crippen molar-refractivity contribution in [3.8, 4) is 0 Å². The van der Waals surface area contributed by atoms with E-state index < -0.39 is 0 Å². The zero-order valence-corrected chi connectivity index (χ0v) is 7.97. The third-order valence-corrected chi connectivity index (χ3v) is 3.50. The first kappa shape index (κ1) is 8.24. The van der Waals surface area contributed by atoms with Gasteiger partial charge in [-0.1, -0.05) is 6.92 Å². The lowest BCUT2D eigenvalue weighted by Gasteiger charge is -2.29. The SMILES string of the molecule is CC[C@@H]1C(=O)C[C@]2(C)CCCN12. The van der Waals surface area contributed by atoms with Crippen LogP contribution in [0.1, 0.15) is 39.5 Å². The third-order valence-electron chi connectivity index (χ3n) is 3.50. The summed E-state index contributed by atoms with van der Waals surface area (Å²) in [4.78, 5) is 14.0. The van der Waals surface area contributed by atoms with E-state index >= 15 is 0 Å². The molecule has 2 nitrogen and oxygen atoms in total. The maximum Gasteiger partial charge on any atom is 0.151 e. The summed E-state index contributed by atoms with van der Waals surface area (Å²) in [6.07, 6.45) is 4.29. The van der Waals surface area contributed by atoms with Crippen molar-refractivity contribution < 1.29 is 4.79 Å². The van der Waals surface area contributed by atoms with Gasteiger partial charge in [0.25, 0.3) is 0 Å². The summed E-state index contributed by atoms with van der Waals surface area (Å²) < 4.78 is 0. The van der Waals surface area contributed by atoms with Crippen LogP contribution in [0.25, 0.3) is 0 Å². The summed E-state index contributed by atoms with van der Waals surface area (Å²) in [5.74, 6) is 0.472. The molecule has 0 spiro atoms. The molecule has 0 aromatic rings. The largest absolute Gasteiger partial charge is 0.298 e. The van der Waals surface area contributed by atoms with Crippen molar-refractivity contribution in [2.24, 2.45) is 0 Å². The average Bonchev–Trinajstić information content (AvgIpc) is 2.42. The molecule has 0 bridgehead atoms. The van der Waals surface area contributed by atoms with Crippen LogP contribution in [0.15, 0.2) is 0 Å². The molecule has 68 valence electrons. The molecular weight excluding hydrogens is 150 g/mol. The fourth-order valence-corrected chi connectivity index (χ4v) is 2.88. The minimum Gasteiger partial charge on any atom is -0.298 e. The fourth-order valence-electron chi connectivity index (χ4n) is 2.88. The second-order valence-corrected chi connectivity index (χ2v) is 4.36. The monoisotopic (exact) mass is 167 g/mol. The summed E-state index contributed by atoms with van der Waals surface area (Å²) in [5, 5.41) is 0. The van der Waals surface area contributed by atoms with Crippen molar-refractivity contribution in [1.82, 2.24) is 4.90 Å². The molecule has 0 radical (unpaired) electrons. The average molecular weight is 167 g/mol. The number of Topliss-reactive ketones (excluding diaryl/α,β-unsaturated/α-hetero) is 1. The third kappa shape index (κ3) is 0.939. The topological polar surface area (TPSA) is 20.3 Å². The van der Waals surface area contributed by atoms with Gasteiger partial charge in [-0.05, 0) is 32.7 Å². The zero-order valence-electron chi connectivity index (χ0n) is 7.97. The van der Waals surface area contributed by atoms with Gasteiger partial charge in [0.1, 0.15) is 0 Å². The number of rotatable bonds is 1. The molecule has 0 unspecified atom stereocenters. The molecule has 0 aromatic carbocycles. The second kappa shape index (κ2) is 2.56. The van der Waals surface area contributed by atoms with Gasteiger partial charge >= 0.3 is 0 Å². The van der Waals surface area contributed by atoms with Crippen molar-refractivity contribution in [2.75, 3.05) is 6.54 Å². The van der Waals surface area contributed by atoms with Gasteiger partial charge in [-0.25, -0.2) is 0 Å². The van der Waals surface area contributed by atoms with Crippen LogP contribution in [-0.2, 0) is 4.79 Å². The first-order valence-corrected chi connectivity index (χ1v) is 4.97. The van der Waals surface area contributed by atoms with Crippen LogP contribution in [0.4, 0.5) is 0 Å². The van der Waals surface area contributed by atoms with Gasteiger partial charge in [0.05, 0.1) is 6.04 Å². The number of ketones is 1. The van der Waals surface area contributed by atoms with Gasteiger partial charge in [0.2, 0.25) is 0 Å². The minimum atomic E-state index is 0.234. The number of hydrogen-bond donors (Lipinski definition) is 0. The highest BCUT2D eigenvalue weighted by Gasteiger charge is 2.49. The van der Waals surface area contributed by atoms with E-state index in [0.717, 1.165) is 19.4 Å². The summed E-state index contributed by atoms with van der Waals surface area (Å²) in [6.45, 7) is 5.50. The maximum atomic E-state index is 11.6. The first-order valence-electron chi connectivity index (χ1n) is 4.97.